The molecule has 12 heteroatoms. The number of rotatable bonds is 9. The van der Waals surface area contributed by atoms with E-state index in [4.69, 9.17) is 21.4 Å². The minimum absolute atomic E-state index is 0.0777. The van der Waals surface area contributed by atoms with Crippen molar-refractivity contribution < 1.29 is 24.2 Å². The van der Waals surface area contributed by atoms with Crippen molar-refractivity contribution in [1.29, 1.82) is 0 Å². The molecule has 0 saturated carbocycles. The quantitative estimate of drug-likeness (QED) is 0.401. The molecule has 0 aliphatic heterocycles. The van der Waals surface area contributed by atoms with Gasteiger partial charge in [0.15, 0.2) is 0 Å². The van der Waals surface area contributed by atoms with Crippen molar-refractivity contribution in [2.45, 2.75) is 6.04 Å². The number of anilines is 1. The van der Waals surface area contributed by atoms with Crippen molar-refractivity contribution >= 4 is 41.1 Å². The van der Waals surface area contributed by atoms with Crippen LogP contribution in [0.2, 0.25) is 5.02 Å². The molecule has 3 aromatic rings. The SMILES string of the molecule is COC[C@H](NC(=O)/C=C/c1cc(Cl)ccc1-n1cnnn1)C(=O)Nc1ccc(C(=O)O)cc1. The van der Waals surface area contributed by atoms with Crippen LogP contribution in [0.15, 0.2) is 54.9 Å². The Bertz CT molecular complexity index is 1160. The lowest BCUT2D eigenvalue weighted by Gasteiger charge is -2.17. The summed E-state index contributed by atoms with van der Waals surface area (Å²) in [6.07, 6.45) is 4.17. The predicted octanol–water partition coefficient (Wildman–Crippen LogP) is 1.80. The van der Waals surface area contributed by atoms with E-state index in [0.717, 1.165) is 0 Å². The summed E-state index contributed by atoms with van der Waals surface area (Å²) in [5.41, 5.74) is 1.64. The van der Waals surface area contributed by atoms with Crippen molar-refractivity contribution in [2.24, 2.45) is 0 Å². The molecule has 1 atom stereocenters. The molecule has 11 nitrogen and oxygen atoms in total. The van der Waals surface area contributed by atoms with Crippen LogP contribution in [0.1, 0.15) is 15.9 Å². The van der Waals surface area contributed by atoms with Crippen molar-refractivity contribution in [2.75, 3.05) is 19.0 Å². The fourth-order valence-electron chi connectivity index (χ4n) is 2.80. The molecule has 0 saturated heterocycles. The molecular weight excluding hydrogens is 452 g/mol. The number of hydrogen-bond donors (Lipinski definition) is 3. The lowest BCUT2D eigenvalue weighted by Crippen LogP contribution is -2.46. The molecule has 0 unspecified atom stereocenters. The number of halogens is 1. The van der Waals surface area contributed by atoms with Gasteiger partial charge in [-0.25, -0.2) is 4.79 Å². The summed E-state index contributed by atoms with van der Waals surface area (Å²) in [6, 6.07) is 9.63. The van der Waals surface area contributed by atoms with E-state index in [0.29, 0.717) is 22.0 Å². The maximum absolute atomic E-state index is 12.6. The number of tetrazole rings is 1. The molecule has 0 aliphatic rings. The highest BCUT2D eigenvalue weighted by atomic mass is 35.5. The van der Waals surface area contributed by atoms with Crippen molar-refractivity contribution in [1.82, 2.24) is 25.5 Å². The highest BCUT2D eigenvalue weighted by molar-refractivity contribution is 6.30. The van der Waals surface area contributed by atoms with Gasteiger partial charge in [-0.2, -0.15) is 4.68 Å². The fraction of sp³-hybridized carbons (Fsp3) is 0.143. The number of carbonyl (C=O) groups excluding carboxylic acids is 2. The third kappa shape index (κ3) is 6.45. The molecule has 0 fully saturated rings. The van der Waals surface area contributed by atoms with Gasteiger partial charge < -0.3 is 20.5 Å². The van der Waals surface area contributed by atoms with E-state index in [1.54, 1.807) is 18.2 Å². The summed E-state index contributed by atoms with van der Waals surface area (Å²) in [5, 5.41) is 25.6. The molecule has 2 aromatic carbocycles. The largest absolute Gasteiger partial charge is 0.478 e. The van der Waals surface area contributed by atoms with E-state index >= 15 is 0 Å². The predicted molar refractivity (Wildman–Crippen MR) is 119 cm³/mol. The van der Waals surface area contributed by atoms with Crippen LogP contribution in [0.5, 0.6) is 0 Å². The molecule has 3 N–H and O–H groups in total. The Balaban J connectivity index is 1.69. The minimum Gasteiger partial charge on any atom is -0.478 e. The molecular formula is C21H19ClN6O5. The fourth-order valence-corrected chi connectivity index (χ4v) is 2.98. The average molecular weight is 471 g/mol. The molecule has 1 heterocycles. The van der Waals surface area contributed by atoms with Crippen LogP contribution in [0.4, 0.5) is 5.69 Å². The summed E-state index contributed by atoms with van der Waals surface area (Å²) in [5.74, 6) is -2.15. The van der Waals surface area contributed by atoms with Crippen LogP contribution < -0.4 is 10.6 Å². The number of ether oxygens (including phenoxy) is 1. The lowest BCUT2D eigenvalue weighted by atomic mass is 10.1. The first-order chi connectivity index (χ1) is 15.9. The number of amides is 2. The number of aromatic carboxylic acids is 1. The van der Waals surface area contributed by atoms with E-state index in [2.05, 4.69) is 26.2 Å². The minimum atomic E-state index is -1.08. The molecule has 33 heavy (non-hydrogen) atoms. The number of aromatic nitrogens is 4. The van der Waals surface area contributed by atoms with Gasteiger partial charge in [-0.15, -0.1) is 5.10 Å². The number of carboxylic acids is 1. The number of methoxy groups -OCH3 is 1. The second-order valence-electron chi connectivity index (χ2n) is 6.68. The Hall–Kier alpha value is -4.09. The smallest absolute Gasteiger partial charge is 0.335 e. The molecule has 0 aliphatic carbocycles. The maximum Gasteiger partial charge on any atom is 0.335 e. The molecule has 3 rings (SSSR count). The highest BCUT2D eigenvalue weighted by Gasteiger charge is 2.20. The van der Waals surface area contributed by atoms with Crippen LogP contribution in [0.3, 0.4) is 0 Å². The Morgan fingerprint density at radius 2 is 1.97 bits per heavy atom. The van der Waals surface area contributed by atoms with E-state index in [9.17, 15) is 14.4 Å². The van der Waals surface area contributed by atoms with E-state index in [1.165, 1.54) is 54.5 Å². The maximum atomic E-state index is 12.6. The van der Waals surface area contributed by atoms with E-state index in [1.807, 2.05) is 0 Å². The molecule has 170 valence electrons. The number of carboxylic acid groups (broad SMARTS) is 1. The zero-order valence-electron chi connectivity index (χ0n) is 17.3. The van der Waals surface area contributed by atoms with Gasteiger partial charge in [0.2, 0.25) is 11.8 Å². The van der Waals surface area contributed by atoms with Gasteiger partial charge >= 0.3 is 5.97 Å². The molecule has 2 amide bonds. The lowest BCUT2D eigenvalue weighted by molar-refractivity contribution is -0.125. The number of carbonyl (C=O) groups is 3. The number of nitrogens with one attached hydrogen (secondary N) is 2. The average Bonchev–Trinajstić information content (AvgIpc) is 3.32. The second kappa shape index (κ2) is 11.0. The van der Waals surface area contributed by atoms with Crippen molar-refractivity contribution in [3.63, 3.8) is 0 Å². The van der Waals surface area contributed by atoms with Gasteiger partial charge in [-0.3, -0.25) is 9.59 Å². The molecule has 0 spiro atoms. The zero-order valence-corrected chi connectivity index (χ0v) is 18.1. The third-order valence-electron chi connectivity index (χ3n) is 4.37. The first-order valence-corrected chi connectivity index (χ1v) is 9.90. The van der Waals surface area contributed by atoms with E-state index < -0.39 is 23.8 Å². The number of nitrogens with zero attached hydrogens (tertiary/aromatic N) is 4. The van der Waals surface area contributed by atoms with Crippen LogP contribution in [-0.2, 0) is 14.3 Å². The van der Waals surface area contributed by atoms with Gasteiger partial charge in [-0.1, -0.05) is 11.6 Å². The number of hydrogen-bond acceptors (Lipinski definition) is 7. The van der Waals surface area contributed by atoms with Gasteiger partial charge in [0, 0.05) is 29.5 Å². The Labute approximate surface area is 193 Å². The monoisotopic (exact) mass is 470 g/mol. The van der Waals surface area contributed by atoms with Gasteiger partial charge in [0.05, 0.1) is 17.9 Å². The summed E-state index contributed by atoms with van der Waals surface area (Å²) in [7, 11) is 1.40. The third-order valence-corrected chi connectivity index (χ3v) is 4.60. The molecule has 0 radical (unpaired) electrons. The topological polar surface area (TPSA) is 148 Å². The Morgan fingerprint density at radius 3 is 2.61 bits per heavy atom. The zero-order chi connectivity index (χ0) is 23.8. The first-order valence-electron chi connectivity index (χ1n) is 9.52. The van der Waals surface area contributed by atoms with Crippen LogP contribution >= 0.6 is 11.6 Å². The standard InChI is InChI=1S/C21H19ClN6O5/c1-33-11-17(20(30)24-16-6-2-13(3-7-16)21(31)32)25-19(29)9-4-14-10-15(22)5-8-18(14)28-12-23-26-27-28/h2-10,12,17H,11H2,1H3,(H,24,30)(H,25,29)(H,31,32)/b9-4+/t17-/m0/s1. The Morgan fingerprint density at radius 1 is 1.21 bits per heavy atom. The second-order valence-corrected chi connectivity index (χ2v) is 7.12. The van der Waals surface area contributed by atoms with Crippen molar-refractivity contribution in [3.8, 4) is 5.69 Å². The van der Waals surface area contributed by atoms with E-state index in [-0.39, 0.29) is 12.2 Å². The Kier molecular flexibility index (Phi) is 7.84. The summed E-state index contributed by atoms with van der Waals surface area (Å²) >= 11 is 6.07. The normalized spacial score (nSPS) is 11.8. The summed E-state index contributed by atoms with van der Waals surface area (Å²) in [4.78, 5) is 36.0. The van der Waals surface area contributed by atoms with Crippen LogP contribution in [-0.4, -0.2) is 62.9 Å². The summed E-state index contributed by atoms with van der Waals surface area (Å²) < 4.78 is 6.46. The molecule has 1 aromatic heterocycles. The van der Waals surface area contributed by atoms with Crippen molar-refractivity contribution in [3.05, 3.63) is 71.0 Å². The van der Waals surface area contributed by atoms with Gasteiger partial charge in [0.25, 0.3) is 0 Å². The van der Waals surface area contributed by atoms with Gasteiger partial charge in [0.1, 0.15) is 12.4 Å². The first kappa shape index (κ1) is 23.6. The highest BCUT2D eigenvalue weighted by Crippen LogP contribution is 2.20. The van der Waals surface area contributed by atoms with Crippen LogP contribution in [0, 0.1) is 0 Å². The van der Waals surface area contributed by atoms with Crippen LogP contribution in [0.25, 0.3) is 11.8 Å². The summed E-state index contributed by atoms with van der Waals surface area (Å²) in [6.45, 7) is -0.0777. The molecule has 0 bridgehead atoms. The van der Waals surface area contributed by atoms with Gasteiger partial charge in [-0.05, 0) is 59.0 Å². The number of benzene rings is 2.